The molecule has 0 aromatic heterocycles. The summed E-state index contributed by atoms with van der Waals surface area (Å²) in [6.07, 6.45) is 0.969. The number of carbonyl (C=O) groups is 3. The summed E-state index contributed by atoms with van der Waals surface area (Å²) in [5.41, 5.74) is 2.33. The number of sulfonamides is 1. The second-order valence-electron chi connectivity index (χ2n) is 8.34. The number of hydrogen-bond acceptors (Lipinski definition) is 5. The van der Waals surface area contributed by atoms with Crippen molar-refractivity contribution in [1.29, 1.82) is 0 Å². The molecule has 1 heterocycles. The van der Waals surface area contributed by atoms with Crippen LogP contribution in [0.2, 0.25) is 0 Å². The average Bonchev–Trinajstić information content (AvgIpc) is 2.80. The summed E-state index contributed by atoms with van der Waals surface area (Å²) in [6, 6.07) is 13.5. The van der Waals surface area contributed by atoms with Gasteiger partial charge in [0.1, 0.15) is 0 Å². The Labute approximate surface area is 200 Å². The van der Waals surface area contributed by atoms with Gasteiger partial charge in [-0.05, 0) is 56.2 Å². The zero-order chi connectivity index (χ0) is 24.7. The topological polar surface area (TPSA) is 125 Å². The van der Waals surface area contributed by atoms with Gasteiger partial charge in [0.25, 0.3) is 0 Å². The summed E-state index contributed by atoms with van der Waals surface area (Å²) >= 11 is 0. The third-order valence-electron chi connectivity index (χ3n) is 5.62. The molecular weight excluding hydrogens is 456 g/mol. The van der Waals surface area contributed by atoms with E-state index in [1.165, 1.54) is 23.4 Å². The van der Waals surface area contributed by atoms with Crippen molar-refractivity contribution >= 4 is 39.1 Å². The fraction of sp³-hybridized carbons (Fsp3) is 0.375. The lowest BCUT2D eigenvalue weighted by molar-refractivity contribution is -0.126. The van der Waals surface area contributed by atoms with Crippen LogP contribution in [0.25, 0.3) is 0 Å². The lowest BCUT2D eigenvalue weighted by Gasteiger charge is -2.30. The summed E-state index contributed by atoms with van der Waals surface area (Å²) in [4.78, 5) is 35.8. The molecule has 3 rings (SSSR count). The SMILES string of the molecule is CC(=O)Nc1ccc(S(=O)(=O)N2CCC(C(=O)NCCC(=O)Nc3ccc(C)cc3)CC2)cc1. The molecule has 2 aromatic carbocycles. The first-order chi connectivity index (χ1) is 16.1. The largest absolute Gasteiger partial charge is 0.355 e. The van der Waals surface area contributed by atoms with E-state index in [0.717, 1.165) is 5.56 Å². The number of nitrogens with zero attached hydrogens (tertiary/aromatic N) is 1. The lowest BCUT2D eigenvalue weighted by Crippen LogP contribution is -2.43. The van der Waals surface area contributed by atoms with Gasteiger partial charge < -0.3 is 16.0 Å². The first-order valence-electron chi connectivity index (χ1n) is 11.2. The van der Waals surface area contributed by atoms with Crippen LogP contribution in [0.1, 0.15) is 31.7 Å². The molecule has 34 heavy (non-hydrogen) atoms. The fourth-order valence-corrected chi connectivity index (χ4v) is 5.19. The fourth-order valence-electron chi connectivity index (χ4n) is 3.72. The highest BCUT2D eigenvalue weighted by molar-refractivity contribution is 7.89. The Morgan fingerprint density at radius 3 is 2.06 bits per heavy atom. The molecule has 10 heteroatoms. The van der Waals surface area contributed by atoms with Gasteiger partial charge in [-0.2, -0.15) is 4.31 Å². The van der Waals surface area contributed by atoms with Crippen molar-refractivity contribution in [3.63, 3.8) is 0 Å². The molecule has 0 unspecified atom stereocenters. The van der Waals surface area contributed by atoms with Gasteiger partial charge in [-0.1, -0.05) is 17.7 Å². The van der Waals surface area contributed by atoms with Crippen molar-refractivity contribution in [3.05, 3.63) is 54.1 Å². The Balaban J connectivity index is 1.43. The number of carbonyl (C=O) groups excluding carboxylic acids is 3. The summed E-state index contributed by atoms with van der Waals surface area (Å²) in [5, 5.41) is 8.17. The number of hydrogen-bond donors (Lipinski definition) is 3. The summed E-state index contributed by atoms with van der Waals surface area (Å²) in [5.74, 6) is -0.883. The highest BCUT2D eigenvalue weighted by Gasteiger charge is 2.32. The third kappa shape index (κ3) is 6.88. The Bertz CT molecular complexity index is 1120. The molecule has 0 aliphatic carbocycles. The van der Waals surface area contributed by atoms with E-state index in [1.54, 1.807) is 12.1 Å². The standard InChI is InChI=1S/C24H30N4O5S/c1-17-3-5-21(6-4-17)27-23(30)11-14-25-24(31)19-12-15-28(16-13-19)34(32,33)22-9-7-20(8-10-22)26-18(2)29/h3-10,19H,11-16H2,1-2H3,(H,25,31)(H,26,29)(H,27,30). The van der Waals surface area contributed by atoms with Gasteiger partial charge in [-0.3, -0.25) is 14.4 Å². The first-order valence-corrected chi connectivity index (χ1v) is 12.6. The van der Waals surface area contributed by atoms with E-state index >= 15 is 0 Å². The van der Waals surface area contributed by atoms with E-state index in [0.29, 0.717) is 24.2 Å². The van der Waals surface area contributed by atoms with Crippen LogP contribution in [0.4, 0.5) is 11.4 Å². The van der Waals surface area contributed by atoms with Crippen LogP contribution >= 0.6 is 0 Å². The maximum Gasteiger partial charge on any atom is 0.243 e. The minimum Gasteiger partial charge on any atom is -0.355 e. The third-order valence-corrected chi connectivity index (χ3v) is 7.54. The van der Waals surface area contributed by atoms with Crippen LogP contribution in [-0.2, 0) is 24.4 Å². The van der Waals surface area contributed by atoms with Gasteiger partial charge in [0.05, 0.1) is 4.90 Å². The summed E-state index contributed by atoms with van der Waals surface area (Å²) in [7, 11) is -3.68. The lowest BCUT2D eigenvalue weighted by atomic mass is 9.97. The van der Waals surface area contributed by atoms with Crippen molar-refractivity contribution in [2.45, 2.75) is 38.0 Å². The molecule has 1 saturated heterocycles. The van der Waals surface area contributed by atoms with Crippen molar-refractivity contribution in [2.24, 2.45) is 5.92 Å². The van der Waals surface area contributed by atoms with Crippen LogP contribution in [0.3, 0.4) is 0 Å². The number of benzene rings is 2. The maximum atomic E-state index is 12.9. The predicted molar refractivity (Wildman–Crippen MR) is 130 cm³/mol. The molecule has 0 saturated carbocycles. The monoisotopic (exact) mass is 486 g/mol. The second kappa shape index (κ2) is 11.3. The van der Waals surface area contributed by atoms with Crippen LogP contribution in [0, 0.1) is 12.8 Å². The molecule has 1 fully saturated rings. The van der Waals surface area contributed by atoms with Gasteiger partial charge >= 0.3 is 0 Å². The maximum absolute atomic E-state index is 12.9. The van der Waals surface area contributed by atoms with Gasteiger partial charge in [0, 0.05) is 50.3 Å². The zero-order valence-corrected chi connectivity index (χ0v) is 20.2. The van der Waals surface area contributed by atoms with E-state index in [2.05, 4.69) is 16.0 Å². The number of amides is 3. The van der Waals surface area contributed by atoms with Crippen molar-refractivity contribution in [3.8, 4) is 0 Å². The second-order valence-corrected chi connectivity index (χ2v) is 10.3. The highest BCUT2D eigenvalue weighted by Crippen LogP contribution is 2.25. The van der Waals surface area contributed by atoms with Crippen molar-refractivity contribution in [1.82, 2.24) is 9.62 Å². The number of aryl methyl sites for hydroxylation is 1. The normalized spacial score (nSPS) is 14.9. The van der Waals surface area contributed by atoms with Crippen LogP contribution in [0.5, 0.6) is 0 Å². The Kier molecular flexibility index (Phi) is 8.41. The predicted octanol–water partition coefficient (Wildman–Crippen LogP) is 2.50. The van der Waals surface area contributed by atoms with Crippen LogP contribution < -0.4 is 16.0 Å². The Morgan fingerprint density at radius 2 is 1.47 bits per heavy atom. The molecule has 9 nitrogen and oxygen atoms in total. The molecule has 0 radical (unpaired) electrons. The molecule has 2 aromatic rings. The average molecular weight is 487 g/mol. The minimum atomic E-state index is -3.68. The molecule has 0 atom stereocenters. The summed E-state index contributed by atoms with van der Waals surface area (Å²) < 4.78 is 27.2. The van der Waals surface area contributed by atoms with E-state index < -0.39 is 10.0 Å². The van der Waals surface area contributed by atoms with Gasteiger partial charge in [-0.25, -0.2) is 8.42 Å². The van der Waals surface area contributed by atoms with Gasteiger partial charge in [-0.15, -0.1) is 0 Å². The summed E-state index contributed by atoms with van der Waals surface area (Å²) in [6.45, 7) is 4.04. The molecule has 3 N–H and O–H groups in total. The van der Waals surface area contributed by atoms with Gasteiger partial charge in [0.2, 0.25) is 27.7 Å². The number of anilines is 2. The quantitative estimate of drug-likeness (QED) is 0.529. The zero-order valence-electron chi connectivity index (χ0n) is 19.3. The minimum absolute atomic E-state index is 0.143. The molecule has 1 aliphatic heterocycles. The van der Waals surface area contributed by atoms with E-state index in [9.17, 15) is 22.8 Å². The van der Waals surface area contributed by atoms with E-state index in [4.69, 9.17) is 0 Å². The van der Waals surface area contributed by atoms with Crippen LogP contribution in [0.15, 0.2) is 53.4 Å². The van der Waals surface area contributed by atoms with Crippen LogP contribution in [-0.4, -0.2) is 50.1 Å². The van der Waals surface area contributed by atoms with E-state index in [-0.39, 0.29) is 54.6 Å². The van der Waals surface area contributed by atoms with Gasteiger partial charge in [0.15, 0.2) is 0 Å². The molecular formula is C24H30N4O5S. The number of rotatable bonds is 8. The Hall–Kier alpha value is -3.24. The van der Waals surface area contributed by atoms with E-state index in [1.807, 2.05) is 31.2 Å². The first kappa shape index (κ1) is 25.4. The Morgan fingerprint density at radius 1 is 0.912 bits per heavy atom. The molecule has 0 spiro atoms. The van der Waals surface area contributed by atoms with Crippen molar-refractivity contribution in [2.75, 3.05) is 30.3 Å². The number of piperidine rings is 1. The molecule has 3 amide bonds. The smallest absolute Gasteiger partial charge is 0.243 e. The van der Waals surface area contributed by atoms with Crippen molar-refractivity contribution < 1.29 is 22.8 Å². The molecule has 1 aliphatic rings. The highest BCUT2D eigenvalue weighted by atomic mass is 32.2. The molecule has 0 bridgehead atoms. The number of nitrogens with one attached hydrogen (secondary N) is 3. The molecule has 182 valence electrons.